The van der Waals surface area contributed by atoms with Crippen molar-refractivity contribution in [3.8, 4) is 23.1 Å². The first-order valence-corrected chi connectivity index (χ1v) is 9.44. The Labute approximate surface area is 166 Å². The topological polar surface area (TPSA) is 97.8 Å². The Kier molecular flexibility index (Phi) is 4.74. The van der Waals surface area contributed by atoms with Crippen LogP contribution in [0.2, 0.25) is 0 Å². The Bertz CT molecular complexity index is 1240. The molecule has 0 aliphatic rings. The summed E-state index contributed by atoms with van der Waals surface area (Å²) in [7, 11) is 0. The van der Waals surface area contributed by atoms with Crippen LogP contribution in [0.25, 0.3) is 22.3 Å². The normalized spacial score (nSPS) is 11.8. The van der Waals surface area contributed by atoms with Crippen LogP contribution in [0.4, 0.5) is 5.82 Å². The first-order valence-electron chi connectivity index (χ1n) is 8.63. The molecule has 0 aliphatic heterocycles. The number of aromatic nitrogens is 4. The molecule has 3 heterocycles. The second kappa shape index (κ2) is 7.35. The molecule has 138 valence electrons. The molecule has 7 heteroatoms. The van der Waals surface area contributed by atoms with E-state index in [1.807, 2.05) is 43.3 Å². The number of aryl methyl sites for hydroxylation is 2. The van der Waals surface area contributed by atoms with E-state index in [0.717, 1.165) is 26.7 Å². The number of nitrogens with zero attached hydrogens (tertiary/aromatic N) is 4. The van der Waals surface area contributed by atoms with Crippen molar-refractivity contribution in [2.24, 2.45) is 0 Å². The highest BCUT2D eigenvalue weighted by atomic mass is 32.1. The van der Waals surface area contributed by atoms with Gasteiger partial charge in [-0.3, -0.25) is 0 Å². The van der Waals surface area contributed by atoms with E-state index in [1.165, 1.54) is 11.3 Å². The molecule has 28 heavy (non-hydrogen) atoms. The van der Waals surface area contributed by atoms with Crippen molar-refractivity contribution in [1.29, 1.82) is 0 Å². The molecular weight excluding hydrogens is 370 g/mol. The molecule has 3 N–H and O–H groups in total. The summed E-state index contributed by atoms with van der Waals surface area (Å²) in [4.78, 5) is 18.0. The molecule has 4 rings (SSSR count). The van der Waals surface area contributed by atoms with Crippen LogP contribution in [0.3, 0.4) is 0 Å². The number of benzene rings is 1. The van der Waals surface area contributed by atoms with E-state index in [2.05, 4.69) is 31.8 Å². The van der Waals surface area contributed by atoms with Gasteiger partial charge in [0.2, 0.25) is 0 Å². The van der Waals surface area contributed by atoms with E-state index in [-0.39, 0.29) is 0 Å². The first kappa shape index (κ1) is 18.0. The van der Waals surface area contributed by atoms with Crippen LogP contribution in [0.5, 0.6) is 0 Å². The predicted molar refractivity (Wildman–Crippen MR) is 111 cm³/mol. The molecule has 6 nitrogen and oxygen atoms in total. The van der Waals surface area contributed by atoms with Gasteiger partial charge in [0.1, 0.15) is 11.3 Å². The molecule has 0 radical (unpaired) electrons. The van der Waals surface area contributed by atoms with Crippen LogP contribution >= 0.6 is 11.3 Å². The van der Waals surface area contributed by atoms with Crippen molar-refractivity contribution in [1.82, 2.24) is 19.9 Å². The zero-order valence-corrected chi connectivity index (χ0v) is 16.2. The van der Waals surface area contributed by atoms with Crippen LogP contribution in [0, 0.1) is 25.7 Å². The number of nitrogen functional groups attached to an aromatic ring is 1. The van der Waals surface area contributed by atoms with Crippen LogP contribution in [0.1, 0.15) is 27.4 Å². The van der Waals surface area contributed by atoms with Crippen LogP contribution in [0.15, 0.2) is 42.6 Å². The maximum atomic E-state index is 10.2. The zero-order valence-electron chi connectivity index (χ0n) is 15.3. The molecule has 3 aromatic heterocycles. The molecule has 0 spiro atoms. The number of thiazole rings is 1. The quantitative estimate of drug-likeness (QED) is 0.511. The van der Waals surface area contributed by atoms with E-state index in [9.17, 15) is 5.11 Å². The minimum Gasteiger partial charge on any atom is -0.382 e. The molecular formula is C21H17N5OS. The highest BCUT2D eigenvalue weighted by Crippen LogP contribution is 2.24. The smallest absolute Gasteiger partial charge is 0.153 e. The number of nitrogens with two attached hydrogens (primary N) is 1. The number of aliphatic hydroxyl groups is 1. The van der Waals surface area contributed by atoms with Crippen molar-refractivity contribution in [2.45, 2.75) is 20.0 Å². The SMILES string of the molecule is Cc1nc(N)c2nc(-c3cccc(C#C[C@H](O)c4cnc(C)s4)c3)ccc2n1. The summed E-state index contributed by atoms with van der Waals surface area (Å²) in [6.07, 6.45) is 0.803. The number of aliphatic hydroxyl groups excluding tert-OH is 1. The lowest BCUT2D eigenvalue weighted by Crippen LogP contribution is -1.99. The van der Waals surface area contributed by atoms with E-state index in [1.54, 1.807) is 13.1 Å². The van der Waals surface area contributed by atoms with E-state index >= 15 is 0 Å². The number of hydrogen-bond acceptors (Lipinski definition) is 7. The Hall–Kier alpha value is -3.34. The summed E-state index contributed by atoms with van der Waals surface area (Å²) in [5.74, 6) is 6.87. The second-order valence-electron chi connectivity index (χ2n) is 6.25. The third kappa shape index (κ3) is 3.69. The largest absolute Gasteiger partial charge is 0.382 e. The molecule has 0 saturated carbocycles. The molecule has 0 saturated heterocycles. The molecule has 0 fully saturated rings. The molecule has 0 bridgehead atoms. The second-order valence-corrected chi connectivity index (χ2v) is 7.52. The van der Waals surface area contributed by atoms with Crippen molar-refractivity contribution in [2.75, 3.05) is 5.73 Å². The monoisotopic (exact) mass is 387 g/mol. The molecule has 4 aromatic rings. The molecule has 1 aromatic carbocycles. The highest BCUT2D eigenvalue weighted by Gasteiger charge is 2.09. The number of anilines is 1. The third-order valence-electron chi connectivity index (χ3n) is 4.10. The Balaban J connectivity index is 1.66. The van der Waals surface area contributed by atoms with Crippen LogP contribution < -0.4 is 5.73 Å². The van der Waals surface area contributed by atoms with Crippen molar-refractivity contribution < 1.29 is 5.11 Å². The standard InChI is InChI=1S/C21H17N5OS/c1-12-24-17-8-7-16(26-20(17)21(22)25-12)15-5-3-4-14(10-15)6-9-18(27)19-11-23-13(2)28-19/h3-5,7-8,10-11,18,27H,1-2H3,(H2,22,24,25)/t18-/m0/s1. The molecule has 0 amide bonds. The van der Waals surface area contributed by atoms with Gasteiger partial charge in [0.05, 0.1) is 21.1 Å². The van der Waals surface area contributed by atoms with Gasteiger partial charge in [-0.15, -0.1) is 11.3 Å². The van der Waals surface area contributed by atoms with Gasteiger partial charge >= 0.3 is 0 Å². The predicted octanol–water partition coefficient (Wildman–Crippen LogP) is 3.43. The van der Waals surface area contributed by atoms with E-state index < -0.39 is 6.10 Å². The minimum absolute atomic E-state index is 0.364. The summed E-state index contributed by atoms with van der Waals surface area (Å²) in [6.45, 7) is 3.70. The highest BCUT2D eigenvalue weighted by molar-refractivity contribution is 7.11. The van der Waals surface area contributed by atoms with E-state index in [4.69, 9.17) is 5.73 Å². The summed E-state index contributed by atoms with van der Waals surface area (Å²) in [6, 6.07) is 11.5. The lowest BCUT2D eigenvalue weighted by molar-refractivity contribution is 0.242. The van der Waals surface area contributed by atoms with Gasteiger partial charge in [-0.1, -0.05) is 24.0 Å². The Morgan fingerprint density at radius 2 is 1.96 bits per heavy atom. The molecule has 0 unspecified atom stereocenters. The molecule has 0 aliphatic carbocycles. The Morgan fingerprint density at radius 1 is 1.11 bits per heavy atom. The number of pyridine rings is 1. The summed E-state index contributed by atoms with van der Waals surface area (Å²) >= 11 is 1.44. The maximum absolute atomic E-state index is 10.2. The van der Waals surface area contributed by atoms with Gasteiger partial charge in [-0.2, -0.15) is 0 Å². The summed E-state index contributed by atoms with van der Waals surface area (Å²) in [5.41, 5.74) is 9.74. The lowest BCUT2D eigenvalue weighted by Gasteiger charge is -2.06. The lowest BCUT2D eigenvalue weighted by atomic mass is 10.1. The number of hydrogen-bond donors (Lipinski definition) is 2. The summed E-state index contributed by atoms with van der Waals surface area (Å²) in [5, 5.41) is 11.1. The average molecular weight is 387 g/mol. The van der Waals surface area contributed by atoms with Gasteiger partial charge < -0.3 is 10.8 Å². The van der Waals surface area contributed by atoms with E-state index in [0.29, 0.717) is 22.7 Å². The first-order chi connectivity index (χ1) is 13.5. The number of fused-ring (bicyclic) bond motifs is 1. The van der Waals surface area contributed by atoms with Crippen molar-refractivity contribution >= 4 is 28.2 Å². The minimum atomic E-state index is -0.853. The van der Waals surface area contributed by atoms with Gasteiger partial charge in [0.25, 0.3) is 0 Å². The number of rotatable bonds is 2. The van der Waals surface area contributed by atoms with Gasteiger partial charge in [-0.05, 0) is 38.1 Å². The van der Waals surface area contributed by atoms with Crippen molar-refractivity contribution in [3.63, 3.8) is 0 Å². The zero-order chi connectivity index (χ0) is 19.7. The maximum Gasteiger partial charge on any atom is 0.153 e. The fourth-order valence-electron chi connectivity index (χ4n) is 2.80. The Morgan fingerprint density at radius 3 is 2.75 bits per heavy atom. The fraction of sp³-hybridized carbons (Fsp3) is 0.143. The van der Waals surface area contributed by atoms with Crippen LogP contribution in [-0.2, 0) is 0 Å². The van der Waals surface area contributed by atoms with Gasteiger partial charge in [0.15, 0.2) is 11.9 Å². The molecule has 1 atom stereocenters. The third-order valence-corrected chi connectivity index (χ3v) is 5.07. The van der Waals surface area contributed by atoms with Crippen LogP contribution in [-0.4, -0.2) is 25.0 Å². The average Bonchev–Trinajstić information content (AvgIpc) is 3.12. The van der Waals surface area contributed by atoms with Gasteiger partial charge in [0, 0.05) is 17.3 Å². The van der Waals surface area contributed by atoms with Gasteiger partial charge in [-0.25, -0.2) is 19.9 Å². The fourth-order valence-corrected chi connectivity index (χ4v) is 3.52. The summed E-state index contributed by atoms with van der Waals surface area (Å²) < 4.78 is 0. The van der Waals surface area contributed by atoms with Crippen molar-refractivity contribution in [3.05, 3.63) is 63.9 Å².